The van der Waals surface area contributed by atoms with Crippen molar-refractivity contribution in [3.63, 3.8) is 0 Å². The van der Waals surface area contributed by atoms with E-state index in [0.29, 0.717) is 32.9 Å². The maximum atomic E-state index is 13.4. The molecule has 0 spiro atoms. The van der Waals surface area contributed by atoms with Gasteiger partial charge in [0.05, 0.1) is 22.0 Å². The van der Waals surface area contributed by atoms with Crippen LogP contribution in [0.1, 0.15) is 44.7 Å². The molecule has 2 aromatic rings. The van der Waals surface area contributed by atoms with E-state index in [1.165, 1.54) is 9.21 Å². The largest absolute Gasteiger partial charge is 0.354 e. The summed E-state index contributed by atoms with van der Waals surface area (Å²) in [5.74, 6) is -0.295. The highest BCUT2D eigenvalue weighted by Gasteiger charge is 2.27. The van der Waals surface area contributed by atoms with Crippen molar-refractivity contribution in [2.75, 3.05) is 23.7 Å². The van der Waals surface area contributed by atoms with E-state index in [2.05, 4.69) is 5.32 Å². The first-order valence-corrected chi connectivity index (χ1v) is 14.9. The molecular weight excluding hydrogens is 557 g/mol. The van der Waals surface area contributed by atoms with Crippen LogP contribution in [0.4, 0.5) is 5.69 Å². The molecule has 0 fully saturated rings. The van der Waals surface area contributed by atoms with Crippen molar-refractivity contribution in [1.29, 1.82) is 0 Å². The molecule has 0 aliphatic heterocycles. The Kier molecular flexibility index (Phi) is 11.6. The minimum atomic E-state index is -3.62. The maximum absolute atomic E-state index is 13.4. The fraction of sp³-hybridized carbons (Fsp3) is 0.462. The van der Waals surface area contributed by atoms with Gasteiger partial charge in [0, 0.05) is 31.1 Å². The molecule has 0 heterocycles. The lowest BCUT2D eigenvalue weighted by Gasteiger charge is -2.30. The number of carbonyl (C=O) groups excluding carboxylic acids is 2. The van der Waals surface area contributed by atoms with Crippen LogP contribution in [0.25, 0.3) is 0 Å². The van der Waals surface area contributed by atoms with Crippen LogP contribution in [0, 0.1) is 12.8 Å². The highest BCUT2D eigenvalue weighted by atomic mass is 35.5. The Morgan fingerprint density at radius 3 is 2.27 bits per heavy atom. The van der Waals surface area contributed by atoms with E-state index in [1.807, 2.05) is 13.8 Å². The lowest BCUT2D eigenvalue weighted by Crippen LogP contribution is -2.48. The number of nitrogens with zero attached hydrogens (tertiary/aromatic N) is 2. The van der Waals surface area contributed by atoms with Gasteiger partial charge >= 0.3 is 0 Å². The first kappa shape index (κ1) is 31.2. The molecule has 204 valence electrons. The summed E-state index contributed by atoms with van der Waals surface area (Å²) in [6, 6.07) is 9.37. The smallest absolute Gasteiger partial charge is 0.242 e. The highest BCUT2D eigenvalue weighted by Crippen LogP contribution is 2.29. The molecule has 1 N–H and O–H groups in total. The maximum Gasteiger partial charge on any atom is 0.242 e. The van der Waals surface area contributed by atoms with Gasteiger partial charge in [0.2, 0.25) is 21.8 Å². The number of halogens is 3. The van der Waals surface area contributed by atoms with E-state index in [0.717, 1.165) is 11.8 Å². The molecule has 0 radical (unpaired) electrons. The average Bonchev–Trinajstić information content (AvgIpc) is 2.81. The number of sulfonamides is 1. The standard InChI is InChI=1S/C26H34Cl3N3O4S/c1-17(2)15-30-26(34)19(4)31(16-20-11-12-22(28)23(29)14-20)25(33)10-7-13-32(37(5,35)36)24-9-6-8-21(27)18(24)3/h6,8-9,11-12,14,17,19H,7,10,13,15-16H2,1-5H3,(H,30,34). The Morgan fingerprint density at radius 2 is 1.68 bits per heavy atom. The molecule has 0 saturated heterocycles. The van der Waals surface area contributed by atoms with Gasteiger partial charge in [-0.3, -0.25) is 13.9 Å². The zero-order valence-electron chi connectivity index (χ0n) is 21.7. The molecule has 2 aromatic carbocycles. The minimum absolute atomic E-state index is 0.0365. The van der Waals surface area contributed by atoms with Crippen molar-refractivity contribution in [1.82, 2.24) is 10.2 Å². The highest BCUT2D eigenvalue weighted by molar-refractivity contribution is 7.92. The number of anilines is 1. The van der Waals surface area contributed by atoms with Gasteiger partial charge in [0.15, 0.2) is 0 Å². The summed E-state index contributed by atoms with van der Waals surface area (Å²) in [7, 11) is -3.62. The van der Waals surface area contributed by atoms with Crippen LogP contribution >= 0.6 is 34.8 Å². The third kappa shape index (κ3) is 9.06. The van der Waals surface area contributed by atoms with Gasteiger partial charge in [-0.15, -0.1) is 0 Å². The fourth-order valence-corrected chi connectivity index (χ4v) is 5.22. The fourth-order valence-electron chi connectivity index (χ4n) is 3.72. The second kappa shape index (κ2) is 13.7. The number of benzene rings is 2. The van der Waals surface area contributed by atoms with Crippen LogP contribution in [-0.4, -0.2) is 50.5 Å². The third-order valence-corrected chi connectivity index (χ3v) is 8.18. The molecule has 2 rings (SSSR count). The predicted octanol–water partition coefficient (Wildman–Crippen LogP) is 5.69. The Balaban J connectivity index is 2.22. The van der Waals surface area contributed by atoms with E-state index in [4.69, 9.17) is 34.8 Å². The molecule has 0 aromatic heterocycles. The van der Waals surface area contributed by atoms with Crippen molar-refractivity contribution in [2.45, 2.75) is 53.1 Å². The number of carbonyl (C=O) groups is 2. The lowest BCUT2D eigenvalue weighted by atomic mass is 10.1. The van der Waals surface area contributed by atoms with Crippen LogP contribution in [0.5, 0.6) is 0 Å². The molecule has 37 heavy (non-hydrogen) atoms. The molecule has 11 heteroatoms. The van der Waals surface area contributed by atoms with Crippen LogP contribution in [-0.2, 0) is 26.2 Å². The minimum Gasteiger partial charge on any atom is -0.354 e. The SMILES string of the molecule is Cc1c(Cl)cccc1N(CCCC(=O)N(Cc1ccc(Cl)c(Cl)c1)C(C)C(=O)NCC(C)C)S(C)(=O)=O. The normalized spacial score (nSPS) is 12.4. The second-order valence-electron chi connectivity index (χ2n) is 9.41. The molecular formula is C26H34Cl3N3O4S. The Hall–Kier alpha value is -2.00. The van der Waals surface area contributed by atoms with Gasteiger partial charge in [-0.05, 0) is 61.6 Å². The Labute approximate surface area is 235 Å². The topological polar surface area (TPSA) is 86.8 Å². The van der Waals surface area contributed by atoms with Crippen LogP contribution in [0.15, 0.2) is 36.4 Å². The van der Waals surface area contributed by atoms with Gasteiger partial charge in [-0.2, -0.15) is 0 Å². The number of amides is 2. The van der Waals surface area contributed by atoms with Gasteiger partial charge in [0.25, 0.3) is 0 Å². The van der Waals surface area contributed by atoms with E-state index in [1.54, 1.807) is 50.2 Å². The summed E-state index contributed by atoms with van der Waals surface area (Å²) < 4.78 is 26.3. The zero-order valence-corrected chi connectivity index (χ0v) is 24.8. The van der Waals surface area contributed by atoms with Crippen LogP contribution < -0.4 is 9.62 Å². The first-order chi connectivity index (χ1) is 17.2. The van der Waals surface area contributed by atoms with Gasteiger partial charge < -0.3 is 10.2 Å². The molecule has 0 saturated carbocycles. The molecule has 7 nitrogen and oxygen atoms in total. The summed E-state index contributed by atoms with van der Waals surface area (Å²) in [6.07, 6.45) is 1.40. The first-order valence-electron chi connectivity index (χ1n) is 12.0. The molecule has 1 atom stereocenters. The number of nitrogens with one attached hydrogen (secondary N) is 1. The van der Waals surface area contributed by atoms with Crippen molar-refractivity contribution >= 4 is 62.3 Å². The predicted molar refractivity (Wildman–Crippen MR) is 152 cm³/mol. The Morgan fingerprint density at radius 1 is 1.00 bits per heavy atom. The monoisotopic (exact) mass is 589 g/mol. The quantitative estimate of drug-likeness (QED) is 0.344. The van der Waals surface area contributed by atoms with Crippen molar-refractivity contribution in [2.24, 2.45) is 5.92 Å². The van der Waals surface area contributed by atoms with Crippen molar-refractivity contribution in [3.8, 4) is 0 Å². The van der Waals surface area contributed by atoms with Crippen molar-refractivity contribution < 1.29 is 18.0 Å². The van der Waals surface area contributed by atoms with E-state index in [9.17, 15) is 18.0 Å². The van der Waals surface area contributed by atoms with E-state index in [-0.39, 0.29) is 43.7 Å². The van der Waals surface area contributed by atoms with Gasteiger partial charge in [-0.25, -0.2) is 8.42 Å². The lowest BCUT2D eigenvalue weighted by molar-refractivity contribution is -0.140. The molecule has 0 aliphatic carbocycles. The summed E-state index contributed by atoms with van der Waals surface area (Å²) >= 11 is 18.4. The Bertz CT molecular complexity index is 1220. The zero-order chi connectivity index (χ0) is 27.9. The van der Waals surface area contributed by atoms with E-state index >= 15 is 0 Å². The van der Waals surface area contributed by atoms with Crippen LogP contribution in [0.3, 0.4) is 0 Å². The van der Waals surface area contributed by atoms with E-state index < -0.39 is 16.1 Å². The van der Waals surface area contributed by atoms with Gasteiger partial charge in [-0.1, -0.05) is 60.8 Å². The summed E-state index contributed by atoms with van der Waals surface area (Å²) in [5, 5.41) is 4.07. The molecule has 1 unspecified atom stereocenters. The molecule has 0 aliphatic rings. The number of hydrogen-bond donors (Lipinski definition) is 1. The summed E-state index contributed by atoms with van der Waals surface area (Å²) in [6.45, 7) is 8.11. The molecule has 2 amide bonds. The third-order valence-electron chi connectivity index (χ3n) is 5.85. The van der Waals surface area contributed by atoms with Crippen molar-refractivity contribution in [3.05, 3.63) is 62.6 Å². The van der Waals surface area contributed by atoms with Gasteiger partial charge in [0.1, 0.15) is 6.04 Å². The second-order valence-corrected chi connectivity index (χ2v) is 12.5. The average molecular weight is 591 g/mol. The number of hydrogen-bond acceptors (Lipinski definition) is 4. The summed E-state index contributed by atoms with van der Waals surface area (Å²) in [4.78, 5) is 27.7. The summed E-state index contributed by atoms with van der Waals surface area (Å²) in [5.41, 5.74) is 1.83. The number of rotatable bonds is 12. The van der Waals surface area contributed by atoms with Crippen LogP contribution in [0.2, 0.25) is 15.1 Å². The molecule has 0 bridgehead atoms.